The molecule has 1 aliphatic carbocycles. The van der Waals surface area contributed by atoms with E-state index in [0.717, 1.165) is 25.7 Å². The minimum absolute atomic E-state index is 0.120. The number of hydrogen-bond donors (Lipinski definition) is 1. The largest absolute Gasteiger partial charge is 0.466 e. The fourth-order valence-electron chi connectivity index (χ4n) is 2.82. The Labute approximate surface area is 149 Å². The highest BCUT2D eigenvalue weighted by atomic mass is 16.7. The molecule has 1 atom stereocenters. The summed E-state index contributed by atoms with van der Waals surface area (Å²) in [5.74, 6) is -0.559. The first-order chi connectivity index (χ1) is 11.7. The summed E-state index contributed by atoms with van der Waals surface area (Å²) in [5.41, 5.74) is -0.658. The van der Waals surface area contributed by atoms with E-state index in [4.69, 9.17) is 14.2 Å². The first kappa shape index (κ1) is 21.3. The van der Waals surface area contributed by atoms with Gasteiger partial charge in [0.2, 0.25) is 6.79 Å². The number of alkyl carbamates (subject to hydrolysis) is 1. The molecule has 0 aromatic heterocycles. The van der Waals surface area contributed by atoms with Crippen LogP contribution in [-0.4, -0.2) is 37.5 Å². The van der Waals surface area contributed by atoms with Gasteiger partial charge >= 0.3 is 18.0 Å². The number of rotatable bonds is 7. The lowest BCUT2D eigenvalue weighted by molar-refractivity contribution is -0.161. The molecule has 1 fully saturated rings. The second kappa shape index (κ2) is 10.3. The summed E-state index contributed by atoms with van der Waals surface area (Å²) in [6.07, 6.45) is 4.70. The molecule has 0 spiro atoms. The van der Waals surface area contributed by atoms with Gasteiger partial charge in [0.05, 0.1) is 18.4 Å². The predicted octanol–water partition coefficient (Wildman–Crippen LogP) is 3.16. The molecule has 7 nitrogen and oxygen atoms in total. The zero-order valence-electron chi connectivity index (χ0n) is 15.8. The summed E-state index contributed by atoms with van der Waals surface area (Å²) in [6.45, 7) is 6.76. The SMILES string of the molecule is CCOC(=O)CC(NC(=O)OCOC(=O)C(C)(C)C)C1CCCCC1. The molecule has 0 saturated heterocycles. The number of nitrogens with one attached hydrogen (secondary N) is 1. The van der Waals surface area contributed by atoms with Gasteiger partial charge in [-0.2, -0.15) is 0 Å². The van der Waals surface area contributed by atoms with Gasteiger partial charge in [-0.25, -0.2) is 4.79 Å². The first-order valence-electron chi connectivity index (χ1n) is 9.00. The second-order valence-electron chi connectivity index (χ2n) is 7.39. The van der Waals surface area contributed by atoms with Crippen molar-refractivity contribution in [3.05, 3.63) is 0 Å². The molecule has 0 bridgehead atoms. The molecule has 1 N–H and O–H groups in total. The van der Waals surface area contributed by atoms with Crippen molar-refractivity contribution in [2.24, 2.45) is 11.3 Å². The number of amides is 1. The molecule has 0 aromatic rings. The minimum atomic E-state index is -0.693. The molecule has 1 rings (SSSR count). The zero-order chi connectivity index (χ0) is 18.9. The van der Waals surface area contributed by atoms with Crippen molar-refractivity contribution >= 4 is 18.0 Å². The fourth-order valence-corrected chi connectivity index (χ4v) is 2.82. The third kappa shape index (κ3) is 8.23. The Balaban J connectivity index is 2.50. The van der Waals surface area contributed by atoms with Gasteiger partial charge in [-0.05, 0) is 46.5 Å². The van der Waals surface area contributed by atoms with Crippen molar-refractivity contribution < 1.29 is 28.6 Å². The van der Waals surface area contributed by atoms with Gasteiger partial charge in [0, 0.05) is 6.04 Å². The molecule has 25 heavy (non-hydrogen) atoms. The number of hydrogen-bond acceptors (Lipinski definition) is 6. The van der Waals surface area contributed by atoms with Gasteiger partial charge in [-0.3, -0.25) is 9.59 Å². The van der Waals surface area contributed by atoms with Crippen LogP contribution in [0.4, 0.5) is 4.79 Å². The molecule has 0 heterocycles. The monoisotopic (exact) mass is 357 g/mol. The van der Waals surface area contributed by atoms with E-state index >= 15 is 0 Å². The minimum Gasteiger partial charge on any atom is -0.466 e. The van der Waals surface area contributed by atoms with Crippen molar-refractivity contribution in [1.82, 2.24) is 5.32 Å². The summed E-state index contributed by atoms with van der Waals surface area (Å²) in [7, 11) is 0. The maximum absolute atomic E-state index is 12.0. The molecule has 0 aliphatic heterocycles. The van der Waals surface area contributed by atoms with Crippen molar-refractivity contribution in [2.75, 3.05) is 13.4 Å². The van der Waals surface area contributed by atoms with Gasteiger partial charge in [-0.15, -0.1) is 0 Å². The smallest absolute Gasteiger partial charge is 0.410 e. The lowest BCUT2D eigenvalue weighted by Crippen LogP contribution is -2.43. The molecule has 1 saturated carbocycles. The van der Waals surface area contributed by atoms with Gasteiger partial charge in [0.15, 0.2) is 0 Å². The Morgan fingerprint density at radius 3 is 2.24 bits per heavy atom. The molecule has 1 aliphatic rings. The van der Waals surface area contributed by atoms with E-state index in [0.29, 0.717) is 6.61 Å². The molecule has 0 aromatic carbocycles. The Kier molecular flexibility index (Phi) is 8.72. The van der Waals surface area contributed by atoms with E-state index < -0.39 is 24.3 Å². The molecule has 144 valence electrons. The van der Waals surface area contributed by atoms with E-state index in [9.17, 15) is 14.4 Å². The van der Waals surface area contributed by atoms with Crippen molar-refractivity contribution in [1.29, 1.82) is 0 Å². The van der Waals surface area contributed by atoms with Gasteiger partial charge in [0.1, 0.15) is 0 Å². The van der Waals surface area contributed by atoms with Crippen molar-refractivity contribution in [3.63, 3.8) is 0 Å². The predicted molar refractivity (Wildman–Crippen MR) is 91.6 cm³/mol. The third-order valence-corrected chi connectivity index (χ3v) is 4.21. The highest BCUT2D eigenvalue weighted by molar-refractivity contribution is 5.75. The highest BCUT2D eigenvalue weighted by Gasteiger charge is 2.28. The summed E-state index contributed by atoms with van der Waals surface area (Å²) < 4.78 is 14.8. The van der Waals surface area contributed by atoms with Gasteiger partial charge in [0.25, 0.3) is 0 Å². The lowest BCUT2D eigenvalue weighted by Gasteiger charge is -2.30. The van der Waals surface area contributed by atoms with Crippen molar-refractivity contribution in [2.45, 2.75) is 72.3 Å². The van der Waals surface area contributed by atoms with Crippen LogP contribution in [0.1, 0.15) is 66.2 Å². The first-order valence-corrected chi connectivity index (χ1v) is 9.00. The fraction of sp³-hybridized carbons (Fsp3) is 0.833. The van der Waals surface area contributed by atoms with E-state index in [1.165, 1.54) is 6.42 Å². The molecule has 7 heteroatoms. The number of ether oxygens (including phenoxy) is 3. The van der Waals surface area contributed by atoms with E-state index in [-0.39, 0.29) is 24.3 Å². The average Bonchev–Trinajstić information content (AvgIpc) is 2.54. The Hall–Kier alpha value is -1.79. The third-order valence-electron chi connectivity index (χ3n) is 4.21. The van der Waals surface area contributed by atoms with Crippen LogP contribution in [0.5, 0.6) is 0 Å². The second-order valence-corrected chi connectivity index (χ2v) is 7.39. The van der Waals surface area contributed by atoms with Crippen LogP contribution in [-0.2, 0) is 23.8 Å². The molecular formula is C18H31NO6. The Bertz CT molecular complexity index is 451. The van der Waals surface area contributed by atoms with E-state index in [2.05, 4.69) is 5.32 Å². The standard InChI is InChI=1S/C18H31NO6/c1-5-23-15(20)11-14(13-9-7-6-8-10-13)19-17(22)25-12-24-16(21)18(2,3)4/h13-14H,5-12H2,1-4H3,(H,19,22). The highest BCUT2D eigenvalue weighted by Crippen LogP contribution is 2.28. The number of esters is 2. The van der Waals surface area contributed by atoms with Gasteiger partial charge < -0.3 is 19.5 Å². The quantitative estimate of drug-likeness (QED) is 0.556. The molecule has 1 unspecified atom stereocenters. The van der Waals surface area contributed by atoms with Crippen LogP contribution in [0, 0.1) is 11.3 Å². The molecule has 0 radical (unpaired) electrons. The van der Waals surface area contributed by atoms with Crippen LogP contribution in [0.25, 0.3) is 0 Å². The molecular weight excluding hydrogens is 326 g/mol. The number of carbonyl (C=O) groups is 3. The van der Waals surface area contributed by atoms with E-state index in [1.807, 2.05) is 0 Å². The van der Waals surface area contributed by atoms with Crippen LogP contribution in [0.15, 0.2) is 0 Å². The van der Waals surface area contributed by atoms with Crippen molar-refractivity contribution in [3.8, 4) is 0 Å². The average molecular weight is 357 g/mol. The molecule has 1 amide bonds. The van der Waals surface area contributed by atoms with Crippen LogP contribution < -0.4 is 5.32 Å². The van der Waals surface area contributed by atoms with E-state index in [1.54, 1.807) is 27.7 Å². The Morgan fingerprint density at radius 1 is 1.04 bits per heavy atom. The summed E-state index contributed by atoms with van der Waals surface area (Å²) >= 11 is 0. The maximum Gasteiger partial charge on any atom is 0.410 e. The number of carbonyl (C=O) groups excluding carboxylic acids is 3. The summed E-state index contributed by atoms with van der Waals surface area (Å²) in [4.78, 5) is 35.4. The van der Waals surface area contributed by atoms with Gasteiger partial charge in [-0.1, -0.05) is 19.3 Å². The Morgan fingerprint density at radius 2 is 1.68 bits per heavy atom. The maximum atomic E-state index is 12.0. The summed E-state index contributed by atoms with van der Waals surface area (Å²) in [6, 6.07) is -0.329. The normalized spacial score (nSPS) is 16.6. The topological polar surface area (TPSA) is 90.9 Å². The summed E-state index contributed by atoms with van der Waals surface area (Å²) in [5, 5.41) is 2.74. The van der Waals surface area contributed by atoms with Crippen LogP contribution in [0.3, 0.4) is 0 Å². The zero-order valence-corrected chi connectivity index (χ0v) is 15.8. The van der Waals surface area contributed by atoms with Crippen LogP contribution in [0.2, 0.25) is 0 Å². The lowest BCUT2D eigenvalue weighted by atomic mass is 9.82. The van der Waals surface area contributed by atoms with Crippen LogP contribution >= 0.6 is 0 Å².